The number of nitrogens with one attached hydrogen (secondary N) is 2. The van der Waals surface area contributed by atoms with Crippen LogP contribution in [0.25, 0.3) is 0 Å². The summed E-state index contributed by atoms with van der Waals surface area (Å²) in [6.45, 7) is 5.55. The number of ether oxygens (including phenoxy) is 2. The van der Waals surface area contributed by atoms with Crippen molar-refractivity contribution >= 4 is 29.3 Å². The highest BCUT2D eigenvalue weighted by Gasteiger charge is 2.09. The third kappa shape index (κ3) is 8.68. The quantitative estimate of drug-likeness (QED) is 0.337. The van der Waals surface area contributed by atoms with Crippen molar-refractivity contribution in [2.24, 2.45) is 0 Å². The summed E-state index contributed by atoms with van der Waals surface area (Å²) in [4.78, 5) is 24.6. The maximum atomic E-state index is 12.5. The smallest absolute Gasteiger partial charge is 0.251 e. The summed E-state index contributed by atoms with van der Waals surface area (Å²) in [7, 11) is 0. The second-order valence-corrected chi connectivity index (χ2v) is 8.74. The van der Waals surface area contributed by atoms with Gasteiger partial charge in [-0.15, -0.1) is 11.8 Å². The van der Waals surface area contributed by atoms with E-state index in [0.29, 0.717) is 43.2 Å². The van der Waals surface area contributed by atoms with Crippen molar-refractivity contribution < 1.29 is 19.1 Å². The molecule has 0 aliphatic rings. The van der Waals surface area contributed by atoms with E-state index in [1.165, 1.54) is 11.8 Å². The van der Waals surface area contributed by atoms with Crippen molar-refractivity contribution in [2.45, 2.75) is 26.0 Å². The highest BCUT2D eigenvalue weighted by Crippen LogP contribution is 2.28. The van der Waals surface area contributed by atoms with Crippen molar-refractivity contribution in [2.75, 3.05) is 30.8 Å². The molecule has 3 aromatic rings. The average molecular weight is 493 g/mol. The van der Waals surface area contributed by atoms with E-state index in [9.17, 15) is 9.59 Å². The van der Waals surface area contributed by atoms with Crippen LogP contribution in [0.5, 0.6) is 11.5 Å². The minimum Gasteiger partial charge on any atom is -0.490 e. The predicted octanol–water partition coefficient (Wildman–Crippen LogP) is 5.33. The lowest BCUT2D eigenvalue weighted by atomic mass is 10.1. The van der Waals surface area contributed by atoms with Gasteiger partial charge in [0.2, 0.25) is 5.91 Å². The molecule has 184 valence electrons. The number of thioether (sulfide) groups is 1. The molecule has 0 radical (unpaired) electrons. The van der Waals surface area contributed by atoms with Crippen molar-refractivity contribution in [1.82, 2.24) is 5.32 Å². The molecule has 0 heterocycles. The highest BCUT2D eigenvalue weighted by atomic mass is 32.2. The van der Waals surface area contributed by atoms with Crippen LogP contribution in [0.4, 0.5) is 5.69 Å². The fourth-order valence-corrected chi connectivity index (χ4v) is 4.19. The molecule has 0 unspecified atom stereocenters. The molecule has 0 aliphatic carbocycles. The zero-order chi connectivity index (χ0) is 24.9. The lowest BCUT2D eigenvalue weighted by Gasteiger charge is -2.12. The first-order chi connectivity index (χ1) is 17.1. The second-order valence-electron chi connectivity index (χ2n) is 7.76. The summed E-state index contributed by atoms with van der Waals surface area (Å²) in [6.07, 6.45) is 0.692. The summed E-state index contributed by atoms with van der Waals surface area (Å²) in [5.74, 6) is 2.39. The van der Waals surface area contributed by atoms with Crippen molar-refractivity contribution in [3.63, 3.8) is 0 Å². The molecule has 0 fully saturated rings. The summed E-state index contributed by atoms with van der Waals surface area (Å²) >= 11 is 1.54. The van der Waals surface area contributed by atoms with Gasteiger partial charge in [0.05, 0.1) is 19.0 Å². The number of para-hydroxylation sites is 1. The summed E-state index contributed by atoms with van der Waals surface area (Å²) in [6, 6.07) is 22.8. The standard InChI is InChI=1S/C28H32N2O4S/c1-3-33-25-15-12-21(18-26(25)34-4-2)16-17-29-28(32)23-13-10-22(11-14-23)19-35-20-27(31)30-24-8-6-5-7-9-24/h5-15,18H,3-4,16-17,19-20H2,1-2H3,(H,29,32)(H,30,31). The highest BCUT2D eigenvalue weighted by molar-refractivity contribution is 7.99. The van der Waals surface area contributed by atoms with Gasteiger partial charge >= 0.3 is 0 Å². The molecule has 2 N–H and O–H groups in total. The van der Waals surface area contributed by atoms with Gasteiger partial charge in [0.1, 0.15) is 0 Å². The number of rotatable bonds is 13. The largest absolute Gasteiger partial charge is 0.490 e. The topological polar surface area (TPSA) is 76.7 Å². The number of hydrogen-bond donors (Lipinski definition) is 2. The van der Waals surface area contributed by atoms with Gasteiger partial charge in [0.25, 0.3) is 5.91 Å². The number of carbonyl (C=O) groups is 2. The SMILES string of the molecule is CCOc1ccc(CCNC(=O)c2ccc(CSCC(=O)Nc3ccccc3)cc2)cc1OCC. The van der Waals surface area contributed by atoms with Gasteiger partial charge in [-0.25, -0.2) is 0 Å². The van der Waals surface area contributed by atoms with Gasteiger partial charge in [0.15, 0.2) is 11.5 Å². The third-order valence-corrected chi connectivity index (χ3v) is 6.09. The van der Waals surface area contributed by atoms with Crippen LogP contribution < -0.4 is 20.1 Å². The molecule has 35 heavy (non-hydrogen) atoms. The maximum absolute atomic E-state index is 12.5. The Labute approximate surface area is 211 Å². The number of benzene rings is 3. The Morgan fingerprint density at radius 2 is 1.51 bits per heavy atom. The average Bonchev–Trinajstić information content (AvgIpc) is 2.87. The van der Waals surface area contributed by atoms with E-state index in [1.807, 2.05) is 86.6 Å². The molecule has 6 nitrogen and oxygen atoms in total. The molecular weight excluding hydrogens is 460 g/mol. The Morgan fingerprint density at radius 3 is 2.23 bits per heavy atom. The van der Waals surface area contributed by atoms with Crippen LogP contribution in [0.1, 0.15) is 35.3 Å². The van der Waals surface area contributed by atoms with Crippen molar-refractivity contribution in [3.05, 3.63) is 89.5 Å². The monoisotopic (exact) mass is 492 g/mol. The van der Waals surface area contributed by atoms with Crippen LogP contribution in [0.15, 0.2) is 72.8 Å². The molecule has 0 spiro atoms. The zero-order valence-electron chi connectivity index (χ0n) is 20.2. The number of amides is 2. The van der Waals surface area contributed by atoms with Crippen LogP contribution in [-0.4, -0.2) is 37.3 Å². The van der Waals surface area contributed by atoms with Crippen LogP contribution in [0.2, 0.25) is 0 Å². The van der Waals surface area contributed by atoms with Gasteiger partial charge in [-0.2, -0.15) is 0 Å². The van der Waals surface area contributed by atoms with Gasteiger partial charge in [-0.1, -0.05) is 36.4 Å². The minimum atomic E-state index is -0.109. The molecule has 3 aromatic carbocycles. The van der Waals surface area contributed by atoms with Crippen molar-refractivity contribution in [3.8, 4) is 11.5 Å². The van der Waals surface area contributed by atoms with Gasteiger partial charge in [0, 0.05) is 23.5 Å². The fourth-order valence-electron chi connectivity index (χ4n) is 3.41. The molecule has 7 heteroatoms. The maximum Gasteiger partial charge on any atom is 0.251 e. The van der Waals surface area contributed by atoms with Crippen LogP contribution in [0, 0.1) is 0 Å². The normalized spacial score (nSPS) is 10.5. The second kappa shape index (κ2) is 14.1. The number of carbonyl (C=O) groups excluding carboxylic acids is 2. The first-order valence-electron chi connectivity index (χ1n) is 11.8. The molecule has 0 aliphatic heterocycles. The van der Waals surface area contributed by atoms with Gasteiger partial charge < -0.3 is 20.1 Å². The van der Waals surface area contributed by atoms with E-state index < -0.39 is 0 Å². The summed E-state index contributed by atoms with van der Waals surface area (Å²) < 4.78 is 11.3. The number of anilines is 1. The summed E-state index contributed by atoms with van der Waals surface area (Å²) in [5.41, 5.74) is 3.55. The van der Waals surface area contributed by atoms with E-state index >= 15 is 0 Å². The molecule has 0 atom stereocenters. The molecular formula is C28H32N2O4S. The predicted molar refractivity (Wildman–Crippen MR) is 142 cm³/mol. The fraction of sp³-hybridized carbons (Fsp3) is 0.286. The number of hydrogen-bond acceptors (Lipinski definition) is 5. The first kappa shape index (κ1) is 26.2. The van der Waals surface area contributed by atoms with E-state index in [2.05, 4.69) is 10.6 Å². The Balaban J connectivity index is 1.41. The van der Waals surface area contributed by atoms with Crippen molar-refractivity contribution in [1.29, 1.82) is 0 Å². The Hall–Kier alpha value is -3.45. The minimum absolute atomic E-state index is 0.0295. The van der Waals surface area contributed by atoms with E-state index in [4.69, 9.17) is 9.47 Å². The zero-order valence-corrected chi connectivity index (χ0v) is 21.0. The molecule has 0 aromatic heterocycles. The molecule has 3 rings (SSSR count). The van der Waals surface area contributed by atoms with Crippen LogP contribution >= 0.6 is 11.8 Å². The Bertz CT molecular complexity index is 1090. The van der Waals surface area contributed by atoms with E-state index in [0.717, 1.165) is 28.3 Å². The van der Waals surface area contributed by atoms with Crippen LogP contribution in [-0.2, 0) is 17.0 Å². The van der Waals surface area contributed by atoms with E-state index in [-0.39, 0.29) is 11.8 Å². The Morgan fingerprint density at radius 1 is 0.829 bits per heavy atom. The molecule has 0 bridgehead atoms. The third-order valence-electron chi connectivity index (χ3n) is 5.08. The molecule has 0 saturated heterocycles. The first-order valence-corrected chi connectivity index (χ1v) is 12.9. The lowest BCUT2D eigenvalue weighted by Crippen LogP contribution is -2.25. The van der Waals surface area contributed by atoms with E-state index in [1.54, 1.807) is 0 Å². The van der Waals surface area contributed by atoms with Crippen LogP contribution in [0.3, 0.4) is 0 Å². The molecule has 0 saturated carbocycles. The van der Waals surface area contributed by atoms with Gasteiger partial charge in [-0.3, -0.25) is 9.59 Å². The van der Waals surface area contributed by atoms with Gasteiger partial charge in [-0.05, 0) is 67.8 Å². The lowest BCUT2D eigenvalue weighted by molar-refractivity contribution is -0.113. The molecule has 2 amide bonds. The Kier molecular flexibility index (Phi) is 10.5. The summed E-state index contributed by atoms with van der Waals surface area (Å²) in [5, 5.41) is 5.85.